The molecule has 0 aliphatic heterocycles. The first kappa shape index (κ1) is 6.59. The molecule has 0 aromatic rings. The van der Waals surface area contributed by atoms with Crippen molar-refractivity contribution in [1.29, 1.82) is 0 Å². The predicted octanol–water partition coefficient (Wildman–Crippen LogP) is 1.87. The molecule has 0 heterocycles. The van der Waals surface area contributed by atoms with Crippen molar-refractivity contribution < 1.29 is 4.79 Å². The summed E-state index contributed by atoms with van der Waals surface area (Å²) in [4.78, 5) is 11.4. The van der Waals surface area contributed by atoms with Crippen molar-refractivity contribution in [2.45, 2.75) is 6.92 Å². The monoisotopic (exact) mass is 146 g/mol. The third-order valence-electron chi connectivity index (χ3n) is 2.33. The molecule has 0 fully saturated rings. The summed E-state index contributed by atoms with van der Waals surface area (Å²) in [6.07, 6.45) is 11.7. The Kier molecular flexibility index (Phi) is 1.16. The van der Waals surface area contributed by atoms with Gasteiger partial charge < -0.3 is 0 Å². The van der Waals surface area contributed by atoms with Crippen molar-refractivity contribution >= 4 is 5.78 Å². The third kappa shape index (κ3) is 0.881. The van der Waals surface area contributed by atoms with Gasteiger partial charge >= 0.3 is 0 Å². The summed E-state index contributed by atoms with van der Waals surface area (Å²) in [5, 5.41) is 0. The van der Waals surface area contributed by atoms with Crippen LogP contribution in [0.25, 0.3) is 0 Å². The van der Waals surface area contributed by atoms with Gasteiger partial charge in [0, 0.05) is 5.92 Å². The molecule has 11 heavy (non-hydrogen) atoms. The average molecular weight is 146 g/mol. The molecule has 0 radical (unpaired) electrons. The second-order valence-corrected chi connectivity index (χ2v) is 3.30. The highest BCUT2D eigenvalue weighted by atomic mass is 16.1. The van der Waals surface area contributed by atoms with Crippen molar-refractivity contribution in [3.05, 3.63) is 36.5 Å². The van der Waals surface area contributed by atoms with Crippen LogP contribution in [0.3, 0.4) is 0 Å². The molecule has 1 nitrogen and oxygen atoms in total. The predicted molar refractivity (Wildman–Crippen MR) is 44.0 cm³/mol. The second kappa shape index (κ2) is 1.94. The van der Waals surface area contributed by atoms with E-state index in [9.17, 15) is 4.79 Å². The minimum Gasteiger partial charge on any atom is -0.294 e. The van der Waals surface area contributed by atoms with Crippen LogP contribution >= 0.6 is 0 Å². The van der Waals surface area contributed by atoms with Crippen LogP contribution in [0.5, 0.6) is 0 Å². The molecule has 0 aromatic heterocycles. The third-order valence-corrected chi connectivity index (χ3v) is 2.33. The zero-order valence-electron chi connectivity index (χ0n) is 6.45. The summed E-state index contributed by atoms with van der Waals surface area (Å²) in [6.45, 7) is 1.94. The Morgan fingerprint density at radius 3 is 2.55 bits per heavy atom. The van der Waals surface area contributed by atoms with E-state index in [1.807, 2.05) is 25.2 Å². The lowest BCUT2D eigenvalue weighted by Crippen LogP contribution is -2.21. The van der Waals surface area contributed by atoms with E-state index in [2.05, 4.69) is 12.2 Å². The van der Waals surface area contributed by atoms with Crippen LogP contribution in [0.2, 0.25) is 0 Å². The van der Waals surface area contributed by atoms with E-state index in [1.165, 1.54) is 0 Å². The van der Waals surface area contributed by atoms with E-state index in [4.69, 9.17) is 0 Å². The first-order valence-electron chi connectivity index (χ1n) is 3.82. The molecule has 0 atom stereocenters. The topological polar surface area (TPSA) is 17.1 Å². The van der Waals surface area contributed by atoms with Crippen LogP contribution < -0.4 is 0 Å². The van der Waals surface area contributed by atoms with Gasteiger partial charge in [-0.2, -0.15) is 0 Å². The van der Waals surface area contributed by atoms with E-state index < -0.39 is 0 Å². The minimum absolute atomic E-state index is 0.185. The fraction of sp³-hybridized carbons (Fsp3) is 0.300. The van der Waals surface area contributed by atoms with Gasteiger partial charge in [-0.1, -0.05) is 30.4 Å². The zero-order valence-corrected chi connectivity index (χ0v) is 6.45. The molecule has 0 spiro atoms. The summed E-state index contributed by atoms with van der Waals surface area (Å²) in [5.74, 6) is 0.527. The molecule has 56 valence electrons. The zero-order chi connectivity index (χ0) is 7.90. The van der Waals surface area contributed by atoms with Crippen LogP contribution in [-0.2, 0) is 4.79 Å². The molecule has 3 aliphatic carbocycles. The van der Waals surface area contributed by atoms with Crippen LogP contribution in [0.1, 0.15) is 6.92 Å². The SMILES string of the molecule is CC12C=CC(C=CC1=O)C=C2. The van der Waals surface area contributed by atoms with E-state index in [0.29, 0.717) is 5.92 Å². The van der Waals surface area contributed by atoms with Gasteiger partial charge in [0.25, 0.3) is 0 Å². The fourth-order valence-electron chi connectivity index (χ4n) is 1.41. The number of rotatable bonds is 0. The second-order valence-electron chi connectivity index (χ2n) is 3.30. The molecule has 0 amide bonds. The lowest BCUT2D eigenvalue weighted by molar-refractivity contribution is -0.119. The van der Waals surface area contributed by atoms with Crippen LogP contribution in [-0.4, -0.2) is 5.78 Å². The van der Waals surface area contributed by atoms with E-state index in [-0.39, 0.29) is 11.2 Å². The molecular weight excluding hydrogens is 136 g/mol. The maximum Gasteiger partial charge on any atom is 0.168 e. The molecule has 2 bridgehead atoms. The lowest BCUT2D eigenvalue weighted by atomic mass is 9.83. The van der Waals surface area contributed by atoms with Gasteiger partial charge in [0.05, 0.1) is 5.41 Å². The number of allylic oxidation sites excluding steroid dienone is 6. The first-order valence-corrected chi connectivity index (χ1v) is 3.82. The van der Waals surface area contributed by atoms with Crippen molar-refractivity contribution in [3.63, 3.8) is 0 Å². The Balaban J connectivity index is 2.54. The number of fused-ring (bicyclic) bond motifs is 1. The maximum absolute atomic E-state index is 11.4. The Labute approximate surface area is 66.1 Å². The molecular formula is C10H10O. The van der Waals surface area contributed by atoms with Crippen molar-refractivity contribution in [1.82, 2.24) is 0 Å². The van der Waals surface area contributed by atoms with E-state index in [1.54, 1.807) is 6.08 Å². The molecule has 0 saturated heterocycles. The minimum atomic E-state index is -0.358. The van der Waals surface area contributed by atoms with Crippen molar-refractivity contribution in [3.8, 4) is 0 Å². The number of hydrogen-bond donors (Lipinski definition) is 0. The lowest BCUT2D eigenvalue weighted by Gasteiger charge is -2.19. The highest BCUT2D eigenvalue weighted by Crippen LogP contribution is 2.31. The average Bonchev–Trinajstić information content (AvgIpc) is 2.22. The van der Waals surface area contributed by atoms with Gasteiger partial charge in [-0.3, -0.25) is 4.79 Å². The van der Waals surface area contributed by atoms with Crippen LogP contribution in [0.4, 0.5) is 0 Å². The summed E-state index contributed by atoms with van der Waals surface area (Å²) in [5.41, 5.74) is -0.358. The van der Waals surface area contributed by atoms with Crippen LogP contribution in [0, 0.1) is 11.3 Å². The Morgan fingerprint density at radius 1 is 1.27 bits per heavy atom. The first-order chi connectivity index (χ1) is 5.21. The van der Waals surface area contributed by atoms with Crippen molar-refractivity contribution in [2.24, 2.45) is 11.3 Å². The summed E-state index contributed by atoms with van der Waals surface area (Å²) < 4.78 is 0. The summed E-state index contributed by atoms with van der Waals surface area (Å²) in [6, 6.07) is 0. The molecule has 3 aliphatic rings. The largest absolute Gasteiger partial charge is 0.294 e. The van der Waals surface area contributed by atoms with E-state index in [0.717, 1.165) is 0 Å². The highest BCUT2D eigenvalue weighted by molar-refractivity contribution is 5.98. The molecule has 3 rings (SSSR count). The Bertz CT molecular complexity index is 267. The van der Waals surface area contributed by atoms with Gasteiger partial charge in [0.15, 0.2) is 5.78 Å². The number of carbonyl (C=O) groups excluding carboxylic acids is 1. The van der Waals surface area contributed by atoms with Gasteiger partial charge in [-0.15, -0.1) is 0 Å². The van der Waals surface area contributed by atoms with Gasteiger partial charge in [0.2, 0.25) is 0 Å². The number of hydrogen-bond acceptors (Lipinski definition) is 1. The van der Waals surface area contributed by atoms with Gasteiger partial charge in [0.1, 0.15) is 0 Å². The standard InChI is InChI=1S/C10H10O/c1-10-6-4-8(5-7-10)2-3-9(10)11/h2-8H,1H3. The Hall–Kier alpha value is -1.11. The number of ketones is 1. The van der Waals surface area contributed by atoms with Gasteiger partial charge in [-0.25, -0.2) is 0 Å². The molecule has 0 aromatic carbocycles. The Morgan fingerprint density at radius 2 is 1.91 bits per heavy atom. The molecule has 0 saturated carbocycles. The maximum atomic E-state index is 11.4. The normalized spacial score (nSPS) is 39.7. The molecule has 0 N–H and O–H groups in total. The summed E-state index contributed by atoms with van der Waals surface area (Å²) >= 11 is 0. The van der Waals surface area contributed by atoms with Gasteiger partial charge in [-0.05, 0) is 13.0 Å². The molecule has 1 heteroatoms. The van der Waals surface area contributed by atoms with E-state index >= 15 is 0 Å². The smallest absolute Gasteiger partial charge is 0.168 e. The molecule has 0 unspecified atom stereocenters. The number of carbonyl (C=O) groups is 1. The fourth-order valence-corrected chi connectivity index (χ4v) is 1.41. The summed E-state index contributed by atoms with van der Waals surface area (Å²) in [7, 11) is 0. The quantitative estimate of drug-likeness (QED) is 0.477. The highest BCUT2D eigenvalue weighted by Gasteiger charge is 2.29. The van der Waals surface area contributed by atoms with Crippen molar-refractivity contribution in [2.75, 3.05) is 0 Å². The van der Waals surface area contributed by atoms with Crippen LogP contribution in [0.15, 0.2) is 36.5 Å².